The van der Waals surface area contributed by atoms with Gasteiger partial charge in [-0.15, -0.1) is 11.3 Å². The third-order valence-electron chi connectivity index (χ3n) is 4.54. The van der Waals surface area contributed by atoms with Crippen molar-refractivity contribution in [1.29, 1.82) is 0 Å². The maximum absolute atomic E-state index is 12.7. The molecule has 1 aliphatic heterocycles. The second-order valence-electron chi connectivity index (χ2n) is 6.35. The van der Waals surface area contributed by atoms with E-state index >= 15 is 0 Å². The maximum Gasteiger partial charge on any atom is 0.273 e. The molecule has 132 valence electrons. The quantitative estimate of drug-likeness (QED) is 0.667. The molecule has 1 saturated heterocycles. The average Bonchev–Trinajstić information content (AvgIpc) is 3.11. The molecule has 7 nitrogen and oxygen atoms in total. The van der Waals surface area contributed by atoms with Gasteiger partial charge in [0.15, 0.2) is 0 Å². The van der Waals surface area contributed by atoms with E-state index in [2.05, 4.69) is 4.98 Å². The Morgan fingerprint density at radius 2 is 2.16 bits per heavy atom. The van der Waals surface area contributed by atoms with Crippen LogP contribution in [0.3, 0.4) is 0 Å². The molecule has 2 heterocycles. The van der Waals surface area contributed by atoms with Crippen molar-refractivity contribution < 1.29 is 9.72 Å². The molecule has 0 radical (unpaired) electrons. The van der Waals surface area contributed by atoms with E-state index in [0.29, 0.717) is 23.2 Å². The summed E-state index contributed by atoms with van der Waals surface area (Å²) < 4.78 is 0. The van der Waals surface area contributed by atoms with E-state index < -0.39 is 4.92 Å². The number of benzene rings is 1. The van der Waals surface area contributed by atoms with Crippen molar-refractivity contribution in [2.75, 3.05) is 13.1 Å². The number of rotatable bonds is 4. The number of nitrogens with two attached hydrogens (primary N) is 1. The second-order valence-corrected chi connectivity index (χ2v) is 7.21. The smallest absolute Gasteiger partial charge is 0.273 e. The van der Waals surface area contributed by atoms with Crippen LogP contribution in [-0.2, 0) is 0 Å². The summed E-state index contributed by atoms with van der Waals surface area (Å²) in [6.07, 6.45) is 2.00. The summed E-state index contributed by atoms with van der Waals surface area (Å²) in [5.74, 6) is 0.250. The summed E-state index contributed by atoms with van der Waals surface area (Å²) in [6, 6.07) is 6.25. The van der Waals surface area contributed by atoms with Crippen molar-refractivity contribution in [3.63, 3.8) is 0 Å². The number of hydrogen-bond donors (Lipinski definition) is 1. The number of aromatic nitrogens is 1. The third-order valence-corrected chi connectivity index (χ3v) is 5.43. The molecular formula is C17H20N4O3S. The van der Waals surface area contributed by atoms with Crippen LogP contribution in [0.25, 0.3) is 10.6 Å². The molecule has 0 aliphatic carbocycles. The van der Waals surface area contributed by atoms with Gasteiger partial charge in [0.25, 0.3) is 11.6 Å². The fourth-order valence-corrected chi connectivity index (χ4v) is 3.82. The minimum Gasteiger partial charge on any atom is -0.337 e. The van der Waals surface area contributed by atoms with Gasteiger partial charge in [-0.2, -0.15) is 0 Å². The van der Waals surface area contributed by atoms with E-state index in [-0.39, 0.29) is 17.6 Å². The van der Waals surface area contributed by atoms with Crippen LogP contribution < -0.4 is 5.73 Å². The van der Waals surface area contributed by atoms with Crippen LogP contribution in [0.1, 0.15) is 30.3 Å². The molecule has 0 bridgehead atoms. The fourth-order valence-electron chi connectivity index (χ4n) is 3.02. The Bertz CT molecular complexity index is 772. The summed E-state index contributed by atoms with van der Waals surface area (Å²) in [7, 11) is 0. The number of nitro benzene ring substituents is 1. The number of hydrogen-bond acceptors (Lipinski definition) is 6. The number of nitro groups is 1. The first-order valence-corrected chi connectivity index (χ1v) is 9.09. The van der Waals surface area contributed by atoms with Crippen LogP contribution in [0.5, 0.6) is 0 Å². The van der Waals surface area contributed by atoms with Gasteiger partial charge >= 0.3 is 0 Å². The first kappa shape index (κ1) is 17.5. The van der Waals surface area contributed by atoms with E-state index in [9.17, 15) is 14.9 Å². The van der Waals surface area contributed by atoms with Crippen molar-refractivity contribution in [2.45, 2.75) is 25.8 Å². The highest BCUT2D eigenvalue weighted by Gasteiger charge is 2.27. The Kier molecular flexibility index (Phi) is 5.10. The topological polar surface area (TPSA) is 102 Å². The van der Waals surface area contributed by atoms with Crippen LogP contribution in [-0.4, -0.2) is 39.8 Å². The van der Waals surface area contributed by atoms with Crippen LogP contribution >= 0.6 is 11.3 Å². The van der Waals surface area contributed by atoms with Gasteiger partial charge < -0.3 is 10.6 Å². The molecule has 1 aliphatic rings. The van der Waals surface area contributed by atoms with Crippen molar-refractivity contribution in [3.8, 4) is 10.6 Å². The van der Waals surface area contributed by atoms with Crippen molar-refractivity contribution in [1.82, 2.24) is 9.88 Å². The monoisotopic (exact) mass is 360 g/mol. The van der Waals surface area contributed by atoms with Crippen molar-refractivity contribution >= 4 is 22.9 Å². The first-order valence-electron chi connectivity index (χ1n) is 8.21. The number of nitrogens with zero attached hydrogens (tertiary/aromatic N) is 3. The highest BCUT2D eigenvalue weighted by atomic mass is 32.1. The molecule has 2 unspecified atom stereocenters. The molecule has 3 rings (SSSR count). The van der Waals surface area contributed by atoms with Gasteiger partial charge in [0.2, 0.25) is 0 Å². The number of carbonyl (C=O) groups is 1. The zero-order valence-electron chi connectivity index (χ0n) is 13.9. The predicted molar refractivity (Wildman–Crippen MR) is 96.5 cm³/mol. The normalized spacial score (nSPS) is 18.8. The van der Waals surface area contributed by atoms with Crippen LogP contribution in [0.15, 0.2) is 29.6 Å². The molecule has 2 atom stereocenters. The third kappa shape index (κ3) is 3.85. The molecule has 25 heavy (non-hydrogen) atoms. The Morgan fingerprint density at radius 3 is 2.80 bits per heavy atom. The lowest BCUT2D eigenvalue weighted by Crippen LogP contribution is -2.45. The number of amides is 1. The van der Waals surface area contributed by atoms with E-state index in [4.69, 9.17) is 5.73 Å². The van der Waals surface area contributed by atoms with Gasteiger partial charge in [-0.1, -0.05) is 0 Å². The number of likely N-dealkylation sites (tertiary alicyclic amines) is 1. The van der Waals surface area contributed by atoms with E-state index in [0.717, 1.165) is 24.9 Å². The van der Waals surface area contributed by atoms with Crippen LogP contribution in [0.4, 0.5) is 5.69 Å². The van der Waals surface area contributed by atoms with Gasteiger partial charge in [-0.3, -0.25) is 14.9 Å². The van der Waals surface area contributed by atoms with Gasteiger partial charge in [-0.05, 0) is 37.8 Å². The van der Waals surface area contributed by atoms with Gasteiger partial charge in [0.1, 0.15) is 10.7 Å². The summed E-state index contributed by atoms with van der Waals surface area (Å²) >= 11 is 1.36. The second kappa shape index (κ2) is 7.28. The van der Waals surface area contributed by atoms with E-state index in [1.54, 1.807) is 17.5 Å². The number of carbonyl (C=O) groups excluding carboxylic acids is 1. The molecule has 1 amide bonds. The molecule has 1 fully saturated rings. The SMILES string of the molecule is CC(N)C1CCCN(C(=O)c2csc(-c3ccc([N+](=O)[O-])cc3)n2)C1. The lowest BCUT2D eigenvalue weighted by atomic mass is 9.92. The minimum absolute atomic E-state index is 0.0341. The summed E-state index contributed by atoms with van der Waals surface area (Å²) in [6.45, 7) is 3.38. The first-order chi connectivity index (χ1) is 12.0. The van der Waals surface area contributed by atoms with Gasteiger partial charge in [-0.25, -0.2) is 4.98 Å². The number of piperidine rings is 1. The highest BCUT2D eigenvalue weighted by Crippen LogP contribution is 2.27. The number of non-ortho nitro benzene ring substituents is 1. The molecule has 0 spiro atoms. The molecule has 2 N–H and O–H groups in total. The zero-order valence-corrected chi connectivity index (χ0v) is 14.7. The Morgan fingerprint density at radius 1 is 1.44 bits per heavy atom. The molecule has 1 aromatic carbocycles. The largest absolute Gasteiger partial charge is 0.337 e. The molecule has 0 saturated carbocycles. The van der Waals surface area contributed by atoms with E-state index in [1.165, 1.54) is 23.5 Å². The lowest BCUT2D eigenvalue weighted by Gasteiger charge is -2.34. The molecule has 2 aromatic rings. The van der Waals surface area contributed by atoms with Gasteiger partial charge in [0.05, 0.1) is 4.92 Å². The van der Waals surface area contributed by atoms with Crippen molar-refractivity contribution in [3.05, 3.63) is 45.5 Å². The number of thiazole rings is 1. The zero-order chi connectivity index (χ0) is 18.0. The highest BCUT2D eigenvalue weighted by molar-refractivity contribution is 7.13. The Balaban J connectivity index is 1.74. The fraction of sp³-hybridized carbons (Fsp3) is 0.412. The summed E-state index contributed by atoms with van der Waals surface area (Å²) in [4.78, 5) is 29.2. The summed E-state index contributed by atoms with van der Waals surface area (Å²) in [5.41, 5.74) is 7.20. The Labute approximate surface area is 149 Å². The average molecular weight is 360 g/mol. The maximum atomic E-state index is 12.7. The van der Waals surface area contributed by atoms with Crippen molar-refractivity contribution in [2.24, 2.45) is 11.7 Å². The predicted octanol–water partition coefficient (Wildman–Crippen LogP) is 2.92. The minimum atomic E-state index is -0.439. The molecule has 8 heteroatoms. The van der Waals surface area contributed by atoms with E-state index in [1.807, 2.05) is 11.8 Å². The molecular weight excluding hydrogens is 340 g/mol. The summed E-state index contributed by atoms with van der Waals surface area (Å²) in [5, 5.41) is 13.1. The van der Waals surface area contributed by atoms with Gasteiger partial charge in [0, 0.05) is 42.2 Å². The van der Waals surface area contributed by atoms with Crippen LogP contribution in [0.2, 0.25) is 0 Å². The molecule has 1 aromatic heterocycles. The Hall–Kier alpha value is -2.32. The van der Waals surface area contributed by atoms with Crippen LogP contribution in [0, 0.1) is 16.0 Å². The standard InChI is InChI=1S/C17H20N4O3S/c1-11(18)13-3-2-8-20(9-13)17(22)15-10-25-16(19-15)12-4-6-14(7-5-12)21(23)24/h4-7,10-11,13H,2-3,8-9,18H2,1H3. The lowest BCUT2D eigenvalue weighted by molar-refractivity contribution is -0.384.